The van der Waals surface area contributed by atoms with Crippen molar-refractivity contribution in [2.75, 3.05) is 13.2 Å². The second-order valence-electron chi connectivity index (χ2n) is 5.79. The van der Waals surface area contributed by atoms with Crippen molar-refractivity contribution in [1.29, 1.82) is 0 Å². The molecule has 0 saturated heterocycles. The number of para-hydroxylation sites is 2. The summed E-state index contributed by atoms with van der Waals surface area (Å²) in [6.45, 7) is 1.51. The third-order valence-electron chi connectivity index (χ3n) is 4.54. The van der Waals surface area contributed by atoms with E-state index in [9.17, 15) is 0 Å². The fraction of sp³-hybridized carbons (Fsp3) is 0.562. The van der Waals surface area contributed by atoms with E-state index < -0.39 is 0 Å². The van der Waals surface area contributed by atoms with Gasteiger partial charge in [-0.25, -0.2) is 0 Å². The second kappa shape index (κ2) is 5.83. The number of hydrogen-bond donors (Lipinski definition) is 1. The number of aryl methyl sites for hydroxylation is 1. The van der Waals surface area contributed by atoms with Crippen LogP contribution in [0.25, 0.3) is 11.0 Å². The highest BCUT2D eigenvalue weighted by atomic mass is 16.5. The van der Waals surface area contributed by atoms with Crippen LogP contribution in [0.4, 0.5) is 0 Å². The van der Waals surface area contributed by atoms with Crippen LogP contribution in [-0.2, 0) is 7.05 Å². The predicted molar refractivity (Wildman–Crippen MR) is 80.7 cm³/mol. The van der Waals surface area contributed by atoms with Gasteiger partial charge in [-0.1, -0.05) is 25.0 Å². The Morgan fingerprint density at radius 3 is 2.75 bits per heavy atom. The molecule has 4 heteroatoms. The largest absolute Gasteiger partial charge is 0.464 e. The first-order valence-corrected chi connectivity index (χ1v) is 7.54. The van der Waals surface area contributed by atoms with Gasteiger partial charge in [0.05, 0.1) is 17.6 Å². The van der Waals surface area contributed by atoms with Crippen LogP contribution >= 0.6 is 0 Å². The molecule has 20 heavy (non-hydrogen) atoms. The predicted octanol–water partition coefficient (Wildman–Crippen LogP) is 2.72. The molecule has 2 aromatic rings. The summed E-state index contributed by atoms with van der Waals surface area (Å²) >= 11 is 0. The first-order valence-electron chi connectivity index (χ1n) is 7.54. The van der Waals surface area contributed by atoms with Crippen LogP contribution in [0.2, 0.25) is 0 Å². The van der Waals surface area contributed by atoms with E-state index in [1.54, 1.807) is 0 Å². The summed E-state index contributed by atoms with van der Waals surface area (Å²) in [5.41, 5.74) is 7.98. The third-order valence-corrected chi connectivity index (χ3v) is 4.54. The molecule has 2 N–H and O–H groups in total. The molecule has 0 aliphatic heterocycles. The molecule has 0 bridgehead atoms. The number of ether oxygens (including phenoxy) is 1. The summed E-state index contributed by atoms with van der Waals surface area (Å²) in [4.78, 5) is 4.56. The van der Waals surface area contributed by atoms with Crippen LogP contribution in [0.15, 0.2) is 24.3 Å². The number of aromatic nitrogens is 2. The average molecular weight is 273 g/mol. The van der Waals surface area contributed by atoms with E-state index in [1.807, 2.05) is 29.8 Å². The third kappa shape index (κ3) is 2.52. The van der Waals surface area contributed by atoms with Gasteiger partial charge in [0.1, 0.15) is 0 Å². The summed E-state index contributed by atoms with van der Waals surface area (Å²) in [7, 11) is 2.01. The molecule has 4 nitrogen and oxygen atoms in total. The smallest absolute Gasteiger partial charge is 0.297 e. The van der Waals surface area contributed by atoms with Crippen LogP contribution in [0.5, 0.6) is 6.01 Å². The SMILES string of the molecule is Cn1c(OCC2CCCCC2CN)nc2ccccc21. The van der Waals surface area contributed by atoms with Gasteiger partial charge in [0.15, 0.2) is 0 Å². The van der Waals surface area contributed by atoms with E-state index in [0.29, 0.717) is 17.8 Å². The van der Waals surface area contributed by atoms with Gasteiger partial charge >= 0.3 is 0 Å². The molecular formula is C16H23N3O. The van der Waals surface area contributed by atoms with E-state index >= 15 is 0 Å². The van der Waals surface area contributed by atoms with E-state index in [0.717, 1.165) is 24.2 Å². The van der Waals surface area contributed by atoms with Crippen molar-refractivity contribution in [2.45, 2.75) is 25.7 Å². The summed E-state index contributed by atoms with van der Waals surface area (Å²) in [6.07, 6.45) is 5.08. The summed E-state index contributed by atoms with van der Waals surface area (Å²) in [5, 5.41) is 0. The van der Waals surface area contributed by atoms with E-state index in [2.05, 4.69) is 11.1 Å². The van der Waals surface area contributed by atoms with Crippen molar-refractivity contribution in [2.24, 2.45) is 24.6 Å². The van der Waals surface area contributed by atoms with Crippen LogP contribution in [0.1, 0.15) is 25.7 Å². The fourth-order valence-corrected chi connectivity index (χ4v) is 3.25. The Balaban J connectivity index is 1.71. The Labute approximate surface area is 119 Å². The molecule has 1 aromatic heterocycles. The van der Waals surface area contributed by atoms with Crippen LogP contribution < -0.4 is 10.5 Å². The highest BCUT2D eigenvalue weighted by Gasteiger charge is 2.25. The summed E-state index contributed by atoms with van der Waals surface area (Å²) in [5.74, 6) is 1.19. The maximum absolute atomic E-state index is 5.99. The zero-order valence-electron chi connectivity index (χ0n) is 12.1. The lowest BCUT2D eigenvalue weighted by atomic mass is 9.80. The van der Waals surface area contributed by atoms with Gasteiger partial charge in [-0.15, -0.1) is 0 Å². The first-order chi connectivity index (χ1) is 9.79. The fourth-order valence-electron chi connectivity index (χ4n) is 3.25. The van der Waals surface area contributed by atoms with Crippen molar-refractivity contribution in [3.05, 3.63) is 24.3 Å². The summed E-state index contributed by atoms with van der Waals surface area (Å²) < 4.78 is 8.01. The number of hydrogen-bond acceptors (Lipinski definition) is 3. The lowest BCUT2D eigenvalue weighted by molar-refractivity contribution is 0.143. The molecule has 1 fully saturated rings. The molecule has 2 atom stereocenters. The zero-order chi connectivity index (χ0) is 13.9. The van der Waals surface area contributed by atoms with E-state index in [1.165, 1.54) is 25.7 Å². The molecule has 1 aliphatic carbocycles. The van der Waals surface area contributed by atoms with Gasteiger partial charge in [-0.3, -0.25) is 4.57 Å². The minimum atomic E-state index is 0.577. The molecule has 1 saturated carbocycles. The van der Waals surface area contributed by atoms with Gasteiger partial charge < -0.3 is 10.5 Å². The van der Waals surface area contributed by atoms with Crippen LogP contribution in [0, 0.1) is 11.8 Å². The molecule has 0 radical (unpaired) electrons. The number of nitrogens with zero attached hydrogens (tertiary/aromatic N) is 2. The second-order valence-corrected chi connectivity index (χ2v) is 5.79. The van der Waals surface area contributed by atoms with Crippen molar-refractivity contribution < 1.29 is 4.74 Å². The Kier molecular flexibility index (Phi) is 3.92. The Bertz CT molecular complexity index is 578. The van der Waals surface area contributed by atoms with Gasteiger partial charge in [0, 0.05) is 7.05 Å². The Morgan fingerprint density at radius 2 is 2.00 bits per heavy atom. The van der Waals surface area contributed by atoms with Crippen molar-refractivity contribution in [1.82, 2.24) is 9.55 Å². The van der Waals surface area contributed by atoms with Crippen molar-refractivity contribution >= 4 is 11.0 Å². The minimum absolute atomic E-state index is 0.577. The Hall–Kier alpha value is -1.55. The number of benzene rings is 1. The quantitative estimate of drug-likeness (QED) is 0.932. The van der Waals surface area contributed by atoms with E-state index in [-0.39, 0.29) is 0 Å². The van der Waals surface area contributed by atoms with Gasteiger partial charge in [0.25, 0.3) is 6.01 Å². The average Bonchev–Trinajstić information content (AvgIpc) is 2.82. The van der Waals surface area contributed by atoms with Gasteiger partial charge in [-0.05, 0) is 43.4 Å². The standard InChI is InChI=1S/C16H23N3O/c1-19-15-9-5-4-8-14(15)18-16(19)20-11-13-7-3-2-6-12(13)10-17/h4-5,8-9,12-13H,2-3,6-7,10-11,17H2,1H3. The maximum Gasteiger partial charge on any atom is 0.297 e. The van der Waals surface area contributed by atoms with Crippen molar-refractivity contribution in [3.63, 3.8) is 0 Å². The highest BCUT2D eigenvalue weighted by molar-refractivity contribution is 5.76. The number of rotatable bonds is 4. The molecule has 0 spiro atoms. The first kappa shape index (κ1) is 13.4. The number of fused-ring (bicyclic) bond motifs is 1. The monoisotopic (exact) mass is 273 g/mol. The van der Waals surface area contributed by atoms with Crippen LogP contribution in [0.3, 0.4) is 0 Å². The maximum atomic E-state index is 5.99. The molecule has 1 aromatic carbocycles. The van der Waals surface area contributed by atoms with Crippen molar-refractivity contribution in [3.8, 4) is 6.01 Å². The molecular weight excluding hydrogens is 250 g/mol. The lowest BCUT2D eigenvalue weighted by Gasteiger charge is -2.30. The molecule has 1 aliphatic rings. The topological polar surface area (TPSA) is 53.1 Å². The van der Waals surface area contributed by atoms with E-state index in [4.69, 9.17) is 10.5 Å². The lowest BCUT2D eigenvalue weighted by Crippen LogP contribution is -2.31. The normalized spacial score (nSPS) is 23.1. The van der Waals surface area contributed by atoms with Gasteiger partial charge in [0.2, 0.25) is 0 Å². The summed E-state index contributed by atoms with van der Waals surface area (Å²) in [6, 6.07) is 8.83. The molecule has 2 unspecified atom stereocenters. The zero-order valence-corrected chi connectivity index (χ0v) is 12.1. The molecule has 3 rings (SSSR count). The minimum Gasteiger partial charge on any atom is -0.464 e. The molecule has 108 valence electrons. The highest BCUT2D eigenvalue weighted by Crippen LogP contribution is 2.30. The van der Waals surface area contributed by atoms with Crippen LogP contribution in [-0.4, -0.2) is 22.7 Å². The molecule has 0 amide bonds. The Morgan fingerprint density at radius 1 is 1.25 bits per heavy atom. The number of nitrogens with two attached hydrogens (primary N) is 1. The van der Waals surface area contributed by atoms with Gasteiger partial charge in [-0.2, -0.15) is 4.98 Å². The number of imidazole rings is 1. The molecule has 1 heterocycles.